The highest BCUT2D eigenvalue weighted by atomic mass is 35.6. The Labute approximate surface area is 94.5 Å². The van der Waals surface area contributed by atoms with Gasteiger partial charge in [-0.1, -0.05) is 46.9 Å². The molecule has 0 aliphatic heterocycles. The van der Waals surface area contributed by atoms with Crippen LogP contribution < -0.4 is 4.74 Å². The van der Waals surface area contributed by atoms with Crippen molar-refractivity contribution >= 4 is 34.8 Å². The summed E-state index contributed by atoms with van der Waals surface area (Å²) in [7, 11) is 0. The molecule has 0 spiro atoms. The molecule has 1 aromatic rings. The Hall–Kier alpha value is -0.250. The highest BCUT2D eigenvalue weighted by molar-refractivity contribution is 6.66. The van der Waals surface area contributed by atoms with Gasteiger partial charge in [0.2, 0.25) is 3.79 Å². The van der Waals surface area contributed by atoms with Crippen molar-refractivity contribution in [3.05, 3.63) is 29.8 Å². The Morgan fingerprint density at radius 1 is 1.07 bits per heavy atom. The number of rotatable bonds is 2. The largest absolute Gasteiger partial charge is 0.435 e. The lowest BCUT2D eigenvalue weighted by molar-refractivity contribution is -0.0498. The van der Waals surface area contributed by atoms with Crippen LogP contribution in [0, 0.1) is 0 Å². The Morgan fingerprint density at radius 2 is 1.57 bits per heavy atom. The van der Waals surface area contributed by atoms with Gasteiger partial charge in [-0.05, 0) is 12.1 Å². The Kier molecular flexibility index (Phi) is 3.81. The lowest BCUT2D eigenvalue weighted by Crippen LogP contribution is -2.03. The topological polar surface area (TPSA) is 9.23 Å². The van der Waals surface area contributed by atoms with Crippen LogP contribution in [0.2, 0.25) is 0 Å². The fourth-order valence-electron chi connectivity index (χ4n) is 0.825. The van der Waals surface area contributed by atoms with E-state index in [0.29, 0.717) is 5.56 Å². The van der Waals surface area contributed by atoms with E-state index < -0.39 is 10.4 Å². The van der Waals surface area contributed by atoms with E-state index in [-0.39, 0.29) is 5.75 Å². The monoisotopic (exact) mass is 260 g/mol. The molecule has 0 aliphatic carbocycles. The van der Waals surface area contributed by atoms with Gasteiger partial charge in [-0.25, -0.2) is 0 Å². The molecule has 0 heterocycles. The second-order valence-electron chi connectivity index (χ2n) is 2.40. The molecule has 0 radical (unpaired) electrons. The van der Waals surface area contributed by atoms with Crippen LogP contribution >= 0.6 is 34.8 Å². The Morgan fingerprint density at radius 3 is 1.93 bits per heavy atom. The number of halogens is 5. The number of ether oxygens (including phenoxy) is 1. The maximum atomic E-state index is 11.8. The van der Waals surface area contributed by atoms with Gasteiger partial charge >= 0.3 is 6.61 Å². The predicted octanol–water partition coefficient (Wildman–Crippen LogP) is 4.11. The standard InChI is InChI=1S/C8H5Cl3F2O/c9-8(10,11)5-1-3-6(4-2-5)14-7(12)13/h1-4,7H. The van der Waals surface area contributed by atoms with Crippen molar-refractivity contribution in [1.82, 2.24) is 0 Å². The molecule has 14 heavy (non-hydrogen) atoms. The average molecular weight is 261 g/mol. The van der Waals surface area contributed by atoms with Crippen LogP contribution in [0.3, 0.4) is 0 Å². The SMILES string of the molecule is FC(F)Oc1ccc(C(Cl)(Cl)Cl)cc1. The fourth-order valence-corrected chi connectivity index (χ4v) is 1.20. The van der Waals surface area contributed by atoms with Crippen LogP contribution in [-0.4, -0.2) is 6.61 Å². The molecule has 78 valence electrons. The van der Waals surface area contributed by atoms with Gasteiger partial charge in [0.25, 0.3) is 0 Å². The second kappa shape index (κ2) is 4.51. The number of alkyl halides is 5. The van der Waals surface area contributed by atoms with Gasteiger partial charge in [0.1, 0.15) is 5.75 Å². The van der Waals surface area contributed by atoms with Crippen molar-refractivity contribution in [2.24, 2.45) is 0 Å². The van der Waals surface area contributed by atoms with E-state index in [1.165, 1.54) is 24.3 Å². The summed E-state index contributed by atoms with van der Waals surface area (Å²) in [6.45, 7) is -2.85. The Bertz CT molecular complexity index is 294. The smallest absolute Gasteiger partial charge is 0.387 e. The summed E-state index contributed by atoms with van der Waals surface area (Å²) in [6.07, 6.45) is 0. The third-order valence-electron chi connectivity index (χ3n) is 1.41. The fraction of sp³-hybridized carbons (Fsp3) is 0.250. The lowest BCUT2D eigenvalue weighted by Gasteiger charge is -2.11. The molecule has 0 saturated heterocycles. The van der Waals surface area contributed by atoms with Crippen molar-refractivity contribution in [2.45, 2.75) is 10.4 Å². The van der Waals surface area contributed by atoms with Gasteiger partial charge in [-0.15, -0.1) is 0 Å². The van der Waals surface area contributed by atoms with Gasteiger partial charge in [0, 0.05) is 5.56 Å². The highest BCUT2D eigenvalue weighted by Crippen LogP contribution is 2.38. The molecule has 0 aromatic heterocycles. The molecule has 1 aromatic carbocycles. The first kappa shape index (κ1) is 11.8. The van der Waals surface area contributed by atoms with Crippen LogP contribution in [0.25, 0.3) is 0 Å². The van der Waals surface area contributed by atoms with E-state index in [1.54, 1.807) is 0 Å². The van der Waals surface area contributed by atoms with Gasteiger partial charge in [0.05, 0.1) is 0 Å². The van der Waals surface area contributed by atoms with Crippen molar-refractivity contribution < 1.29 is 13.5 Å². The summed E-state index contributed by atoms with van der Waals surface area (Å²) >= 11 is 16.7. The van der Waals surface area contributed by atoms with E-state index in [9.17, 15) is 8.78 Å². The summed E-state index contributed by atoms with van der Waals surface area (Å²) in [6, 6.07) is 5.43. The van der Waals surface area contributed by atoms with Gasteiger partial charge in [-0.3, -0.25) is 0 Å². The molecule has 0 atom stereocenters. The Balaban J connectivity index is 2.79. The first-order valence-corrected chi connectivity index (χ1v) is 4.65. The van der Waals surface area contributed by atoms with E-state index in [1.807, 2.05) is 0 Å². The van der Waals surface area contributed by atoms with Crippen molar-refractivity contribution in [1.29, 1.82) is 0 Å². The molecule has 0 fully saturated rings. The molecule has 1 nitrogen and oxygen atoms in total. The zero-order valence-electron chi connectivity index (χ0n) is 6.68. The molecule has 0 N–H and O–H groups in total. The predicted molar refractivity (Wildman–Crippen MR) is 52.3 cm³/mol. The van der Waals surface area contributed by atoms with Crippen LogP contribution in [-0.2, 0) is 3.79 Å². The maximum Gasteiger partial charge on any atom is 0.387 e. The minimum Gasteiger partial charge on any atom is -0.435 e. The molecule has 0 bridgehead atoms. The van der Waals surface area contributed by atoms with Crippen molar-refractivity contribution in [2.75, 3.05) is 0 Å². The molecule has 0 saturated carbocycles. The first-order valence-electron chi connectivity index (χ1n) is 3.51. The van der Waals surface area contributed by atoms with Gasteiger partial charge in [0.15, 0.2) is 0 Å². The van der Waals surface area contributed by atoms with Crippen molar-refractivity contribution in [3.8, 4) is 5.75 Å². The van der Waals surface area contributed by atoms with Crippen molar-refractivity contribution in [3.63, 3.8) is 0 Å². The molecule has 0 amide bonds. The van der Waals surface area contributed by atoms with Crippen LogP contribution in [0.1, 0.15) is 5.56 Å². The van der Waals surface area contributed by atoms with Crippen LogP contribution in [0.15, 0.2) is 24.3 Å². The molecular weight excluding hydrogens is 256 g/mol. The van der Waals surface area contributed by atoms with E-state index in [4.69, 9.17) is 34.8 Å². The third kappa shape index (κ3) is 3.48. The summed E-state index contributed by atoms with van der Waals surface area (Å²) in [5.74, 6) is 0.0259. The highest BCUT2D eigenvalue weighted by Gasteiger charge is 2.22. The molecule has 0 unspecified atom stereocenters. The van der Waals surface area contributed by atoms with E-state index in [2.05, 4.69) is 4.74 Å². The quantitative estimate of drug-likeness (QED) is 0.728. The first-order chi connectivity index (χ1) is 6.39. The van der Waals surface area contributed by atoms with E-state index in [0.717, 1.165) is 0 Å². The number of hydrogen-bond acceptors (Lipinski definition) is 1. The summed E-state index contributed by atoms with van der Waals surface area (Å²) in [5, 5.41) is 0. The summed E-state index contributed by atoms with van der Waals surface area (Å²) < 4.78 is 26.1. The van der Waals surface area contributed by atoms with Gasteiger partial charge < -0.3 is 4.74 Å². The summed E-state index contributed by atoms with van der Waals surface area (Å²) in [5.41, 5.74) is 0.393. The third-order valence-corrected chi connectivity index (χ3v) is 2.06. The number of hydrogen-bond donors (Lipinski definition) is 0. The number of benzene rings is 1. The zero-order chi connectivity index (χ0) is 10.8. The average Bonchev–Trinajstić information content (AvgIpc) is 2.02. The van der Waals surface area contributed by atoms with Crippen LogP contribution in [0.4, 0.5) is 8.78 Å². The minimum absolute atomic E-state index is 0.0259. The zero-order valence-corrected chi connectivity index (χ0v) is 8.95. The van der Waals surface area contributed by atoms with Crippen LogP contribution in [0.5, 0.6) is 5.75 Å². The van der Waals surface area contributed by atoms with E-state index >= 15 is 0 Å². The lowest BCUT2D eigenvalue weighted by atomic mass is 10.2. The summed E-state index contributed by atoms with van der Waals surface area (Å²) in [4.78, 5) is 0. The molecular formula is C8H5Cl3F2O. The van der Waals surface area contributed by atoms with Gasteiger partial charge in [-0.2, -0.15) is 8.78 Å². The minimum atomic E-state index is -2.85. The maximum absolute atomic E-state index is 11.8. The molecule has 1 rings (SSSR count). The molecule has 6 heteroatoms. The molecule has 0 aliphatic rings. The second-order valence-corrected chi connectivity index (χ2v) is 4.68. The normalized spacial score (nSPS) is 11.9.